The lowest BCUT2D eigenvalue weighted by atomic mass is 10.2. The molecule has 104 valence electrons. The molecule has 1 N–H and O–H groups in total. The number of hydrogen-bond donors (Lipinski definition) is 1. The van der Waals surface area contributed by atoms with Crippen molar-refractivity contribution in [3.63, 3.8) is 0 Å². The molecule has 8 heteroatoms. The summed E-state index contributed by atoms with van der Waals surface area (Å²) >= 11 is 0. The molecule has 1 aromatic heterocycles. The van der Waals surface area contributed by atoms with Crippen LogP contribution in [0.1, 0.15) is 19.1 Å². The summed E-state index contributed by atoms with van der Waals surface area (Å²) in [6.45, 7) is -0.0443. The molecule has 0 aliphatic carbocycles. The Bertz CT molecular complexity index is 513. The van der Waals surface area contributed by atoms with Crippen molar-refractivity contribution in [3.8, 4) is 0 Å². The van der Waals surface area contributed by atoms with Crippen LogP contribution in [0.2, 0.25) is 0 Å². The van der Waals surface area contributed by atoms with Crippen LogP contribution in [0, 0.1) is 0 Å². The number of ether oxygens (including phenoxy) is 1. The van der Waals surface area contributed by atoms with Crippen LogP contribution in [0.5, 0.6) is 0 Å². The zero-order chi connectivity index (χ0) is 13.8. The molecule has 1 saturated heterocycles. The van der Waals surface area contributed by atoms with Gasteiger partial charge in [-0.2, -0.15) is 4.98 Å². The van der Waals surface area contributed by atoms with Crippen LogP contribution >= 0.6 is 0 Å². The van der Waals surface area contributed by atoms with E-state index < -0.39 is 11.9 Å². The van der Waals surface area contributed by atoms with E-state index in [0.29, 0.717) is 12.8 Å². The van der Waals surface area contributed by atoms with Crippen molar-refractivity contribution in [2.75, 3.05) is 20.7 Å². The number of rotatable bonds is 4. The molecule has 0 bridgehead atoms. The van der Waals surface area contributed by atoms with E-state index in [-0.39, 0.29) is 18.7 Å². The quantitative estimate of drug-likeness (QED) is 0.585. The molecule has 2 heterocycles. The Labute approximate surface area is 110 Å². The minimum atomic E-state index is -0.454. The maximum atomic E-state index is 11.8. The van der Waals surface area contributed by atoms with Gasteiger partial charge in [-0.1, -0.05) is 0 Å². The van der Waals surface area contributed by atoms with Crippen LogP contribution in [-0.2, 0) is 4.74 Å². The molecular weight excluding hydrogens is 250 g/mol. The van der Waals surface area contributed by atoms with Gasteiger partial charge in [0.15, 0.2) is 0 Å². The monoisotopic (exact) mass is 267 g/mol. The number of aromatic nitrogens is 3. The zero-order valence-electron chi connectivity index (χ0n) is 10.9. The molecule has 0 spiro atoms. The first kappa shape index (κ1) is 13.6. The molecule has 19 heavy (non-hydrogen) atoms. The van der Waals surface area contributed by atoms with Gasteiger partial charge in [-0.3, -0.25) is 4.57 Å². The average Bonchev–Trinajstić information content (AvgIpc) is 2.85. The number of aliphatic imine (C=N–C) groups is 1. The zero-order valence-corrected chi connectivity index (χ0v) is 10.9. The van der Waals surface area contributed by atoms with E-state index in [1.54, 1.807) is 4.90 Å². The molecule has 1 aliphatic heterocycles. The van der Waals surface area contributed by atoms with Crippen molar-refractivity contribution in [2.45, 2.75) is 25.2 Å². The van der Waals surface area contributed by atoms with Gasteiger partial charge >= 0.3 is 5.69 Å². The van der Waals surface area contributed by atoms with Gasteiger partial charge in [0, 0.05) is 14.1 Å². The molecule has 1 aliphatic rings. The van der Waals surface area contributed by atoms with E-state index in [0.717, 1.165) is 0 Å². The first-order chi connectivity index (χ1) is 9.10. The van der Waals surface area contributed by atoms with E-state index in [1.807, 2.05) is 14.1 Å². The summed E-state index contributed by atoms with van der Waals surface area (Å²) in [5, 5.41) is 9.00. The number of hydrogen-bond acceptors (Lipinski definition) is 6. The molecule has 0 amide bonds. The minimum Gasteiger partial charge on any atom is -0.394 e. The van der Waals surface area contributed by atoms with Crippen molar-refractivity contribution in [1.82, 2.24) is 19.4 Å². The van der Waals surface area contributed by atoms with Crippen LogP contribution in [0.15, 0.2) is 16.1 Å². The largest absolute Gasteiger partial charge is 0.394 e. The minimum absolute atomic E-state index is 0.0443. The van der Waals surface area contributed by atoms with E-state index >= 15 is 0 Å². The summed E-state index contributed by atoms with van der Waals surface area (Å²) in [4.78, 5) is 25.3. The second-order valence-corrected chi connectivity index (χ2v) is 4.53. The first-order valence-electron chi connectivity index (χ1n) is 6.02. The lowest BCUT2D eigenvalue weighted by molar-refractivity contribution is -0.0250. The van der Waals surface area contributed by atoms with Crippen LogP contribution in [-0.4, -0.2) is 57.7 Å². The normalized spacial score (nSPS) is 23.1. The Morgan fingerprint density at radius 3 is 3.00 bits per heavy atom. The molecule has 1 aromatic rings. The molecule has 2 atom stereocenters. The SMILES string of the molecule is CN(C)/C=N\c1ncn([C@H]2CC[C@@H](CO)O2)c(=O)n1. The Balaban J connectivity index is 2.14. The van der Waals surface area contributed by atoms with Gasteiger partial charge in [0.1, 0.15) is 12.6 Å². The van der Waals surface area contributed by atoms with Gasteiger partial charge in [0.2, 0.25) is 0 Å². The maximum absolute atomic E-state index is 11.8. The Hall–Kier alpha value is -1.80. The molecule has 8 nitrogen and oxygen atoms in total. The highest BCUT2D eigenvalue weighted by Gasteiger charge is 2.26. The summed E-state index contributed by atoms with van der Waals surface area (Å²) in [7, 11) is 3.62. The van der Waals surface area contributed by atoms with Crippen LogP contribution in [0.4, 0.5) is 5.95 Å². The highest BCUT2D eigenvalue weighted by Crippen LogP contribution is 2.26. The van der Waals surface area contributed by atoms with E-state index in [2.05, 4.69) is 15.0 Å². The molecule has 0 saturated carbocycles. The predicted molar refractivity (Wildman–Crippen MR) is 68.4 cm³/mol. The number of nitrogens with zero attached hydrogens (tertiary/aromatic N) is 5. The molecule has 0 unspecified atom stereocenters. The second kappa shape index (κ2) is 5.89. The van der Waals surface area contributed by atoms with Gasteiger partial charge in [-0.15, -0.1) is 0 Å². The molecule has 0 aromatic carbocycles. The summed E-state index contributed by atoms with van der Waals surface area (Å²) in [6.07, 6.45) is 3.65. The molecular formula is C11H17N5O3. The van der Waals surface area contributed by atoms with E-state index in [1.165, 1.54) is 17.2 Å². The Morgan fingerprint density at radius 2 is 2.42 bits per heavy atom. The fourth-order valence-corrected chi connectivity index (χ4v) is 1.79. The molecule has 1 fully saturated rings. The predicted octanol–water partition coefficient (Wildman–Crippen LogP) is -0.470. The van der Waals surface area contributed by atoms with Crippen LogP contribution in [0.3, 0.4) is 0 Å². The topological polar surface area (TPSA) is 92.8 Å². The van der Waals surface area contributed by atoms with Gasteiger partial charge in [0.05, 0.1) is 19.0 Å². The van der Waals surface area contributed by atoms with Crippen LogP contribution in [0.25, 0.3) is 0 Å². The average molecular weight is 267 g/mol. The number of aliphatic hydroxyl groups is 1. The second-order valence-electron chi connectivity index (χ2n) is 4.53. The van der Waals surface area contributed by atoms with Gasteiger partial charge < -0.3 is 14.7 Å². The first-order valence-corrected chi connectivity index (χ1v) is 6.02. The van der Waals surface area contributed by atoms with Crippen molar-refractivity contribution < 1.29 is 9.84 Å². The van der Waals surface area contributed by atoms with E-state index in [9.17, 15) is 4.79 Å². The third kappa shape index (κ3) is 3.36. The van der Waals surface area contributed by atoms with Crippen molar-refractivity contribution >= 4 is 12.3 Å². The third-order valence-corrected chi connectivity index (χ3v) is 2.72. The van der Waals surface area contributed by atoms with Gasteiger partial charge in [-0.25, -0.2) is 14.8 Å². The number of aliphatic hydroxyl groups excluding tert-OH is 1. The maximum Gasteiger partial charge on any atom is 0.354 e. The molecule has 0 radical (unpaired) electrons. The van der Waals surface area contributed by atoms with Crippen molar-refractivity contribution in [3.05, 3.63) is 16.8 Å². The smallest absolute Gasteiger partial charge is 0.354 e. The van der Waals surface area contributed by atoms with Crippen molar-refractivity contribution in [2.24, 2.45) is 4.99 Å². The Kier molecular flexibility index (Phi) is 4.23. The summed E-state index contributed by atoms with van der Waals surface area (Å²) in [6, 6.07) is 0. The lowest BCUT2D eigenvalue weighted by Gasteiger charge is -2.13. The van der Waals surface area contributed by atoms with E-state index in [4.69, 9.17) is 9.84 Å². The third-order valence-electron chi connectivity index (χ3n) is 2.72. The Morgan fingerprint density at radius 1 is 1.63 bits per heavy atom. The fraction of sp³-hybridized carbons (Fsp3) is 0.636. The van der Waals surface area contributed by atoms with Crippen LogP contribution < -0.4 is 5.69 Å². The summed E-state index contributed by atoms with van der Waals surface area (Å²) < 4.78 is 6.83. The molecule has 2 rings (SSSR count). The highest BCUT2D eigenvalue weighted by atomic mass is 16.5. The van der Waals surface area contributed by atoms with Gasteiger partial charge in [0.25, 0.3) is 5.95 Å². The standard InChI is InChI=1S/C11H17N5O3/c1-15(2)6-12-10-13-7-16(11(18)14-10)9-4-3-8(5-17)19-9/h6-9,17H,3-5H2,1-2H3/b12-6-/t8-,9+/m0/s1. The summed E-state index contributed by atoms with van der Waals surface area (Å²) in [5.74, 6) is 0.117. The summed E-state index contributed by atoms with van der Waals surface area (Å²) in [5.41, 5.74) is -0.454. The lowest BCUT2D eigenvalue weighted by Crippen LogP contribution is -2.27. The van der Waals surface area contributed by atoms with Gasteiger partial charge in [-0.05, 0) is 12.8 Å². The van der Waals surface area contributed by atoms with Crippen molar-refractivity contribution in [1.29, 1.82) is 0 Å². The highest BCUT2D eigenvalue weighted by molar-refractivity contribution is 5.57. The fourth-order valence-electron chi connectivity index (χ4n) is 1.79.